The van der Waals surface area contributed by atoms with Gasteiger partial charge in [0.05, 0.1) is 28.4 Å². The van der Waals surface area contributed by atoms with Crippen LogP contribution in [-0.2, 0) is 13.0 Å². The lowest BCUT2D eigenvalue weighted by Gasteiger charge is -2.11. The van der Waals surface area contributed by atoms with E-state index in [0.29, 0.717) is 5.56 Å². The number of aryl methyl sites for hydroxylation is 2. The first-order valence-corrected chi connectivity index (χ1v) is 13.0. The van der Waals surface area contributed by atoms with Crippen LogP contribution in [-0.4, -0.2) is 18.9 Å². The average molecular weight is 488 g/mol. The van der Waals surface area contributed by atoms with Crippen LogP contribution in [0, 0.1) is 18.3 Å². The van der Waals surface area contributed by atoms with Gasteiger partial charge in [0.2, 0.25) is 0 Å². The summed E-state index contributed by atoms with van der Waals surface area (Å²) < 4.78 is 4.43. The third-order valence-electron chi connectivity index (χ3n) is 6.64. The highest BCUT2D eigenvalue weighted by molar-refractivity contribution is 7.15. The Bertz CT molecular complexity index is 1720. The zero-order valence-electron chi connectivity index (χ0n) is 20.3. The summed E-state index contributed by atoms with van der Waals surface area (Å²) in [5.41, 5.74) is 9.38. The summed E-state index contributed by atoms with van der Waals surface area (Å²) in [6.45, 7) is 5.08. The maximum absolute atomic E-state index is 9.48. The fraction of sp³-hybridized carbons (Fsp3) is 0.167. The Balaban J connectivity index is 1.41. The number of nitriles is 1. The first-order valence-electron chi connectivity index (χ1n) is 12.2. The van der Waals surface area contributed by atoms with Crippen LogP contribution in [0.5, 0.6) is 0 Å². The predicted octanol–water partition coefficient (Wildman–Crippen LogP) is 7.26. The Labute approximate surface area is 213 Å². The molecule has 0 bridgehead atoms. The molecule has 36 heavy (non-hydrogen) atoms. The molecule has 6 aromatic rings. The summed E-state index contributed by atoms with van der Waals surface area (Å²) in [6.07, 6.45) is 6.11. The molecule has 0 aliphatic rings. The van der Waals surface area contributed by atoms with Gasteiger partial charge in [0.1, 0.15) is 5.82 Å². The van der Waals surface area contributed by atoms with Crippen molar-refractivity contribution in [1.82, 2.24) is 18.9 Å². The van der Waals surface area contributed by atoms with E-state index in [4.69, 9.17) is 9.97 Å². The zero-order valence-corrected chi connectivity index (χ0v) is 21.1. The van der Waals surface area contributed by atoms with Crippen LogP contribution in [0.15, 0.2) is 78.4 Å². The second-order valence-electron chi connectivity index (χ2n) is 9.10. The number of nitrogens with zero attached hydrogens (tertiary/aromatic N) is 5. The van der Waals surface area contributed by atoms with Gasteiger partial charge in [-0.25, -0.2) is 9.97 Å². The molecular formula is C30H25N5S. The molecule has 0 atom stereocenters. The summed E-state index contributed by atoms with van der Waals surface area (Å²) in [5.74, 6) is 1.11. The molecule has 3 aromatic carbocycles. The highest BCUT2D eigenvalue weighted by atomic mass is 32.1. The molecule has 0 aliphatic heterocycles. The molecule has 0 spiro atoms. The molecule has 5 nitrogen and oxygen atoms in total. The first kappa shape index (κ1) is 22.3. The molecule has 3 heterocycles. The summed E-state index contributed by atoms with van der Waals surface area (Å²) in [7, 11) is 0. The van der Waals surface area contributed by atoms with Gasteiger partial charge in [0, 0.05) is 36.3 Å². The fourth-order valence-corrected chi connectivity index (χ4v) is 5.55. The van der Waals surface area contributed by atoms with Crippen LogP contribution >= 0.6 is 11.3 Å². The van der Waals surface area contributed by atoms with Gasteiger partial charge in [-0.15, -0.1) is 11.3 Å². The molecule has 6 heteroatoms. The molecular weight excluding hydrogens is 462 g/mol. The van der Waals surface area contributed by atoms with Gasteiger partial charge in [-0.2, -0.15) is 5.26 Å². The second-order valence-corrected chi connectivity index (χ2v) is 9.97. The van der Waals surface area contributed by atoms with E-state index in [1.807, 2.05) is 30.5 Å². The molecule has 0 radical (unpaired) electrons. The molecule has 6 rings (SSSR count). The van der Waals surface area contributed by atoms with Crippen molar-refractivity contribution < 1.29 is 0 Å². The number of imidazole rings is 2. The number of hydrogen-bond acceptors (Lipinski definition) is 4. The van der Waals surface area contributed by atoms with Gasteiger partial charge in [0.25, 0.3) is 0 Å². The Morgan fingerprint density at radius 3 is 2.61 bits per heavy atom. The van der Waals surface area contributed by atoms with Crippen LogP contribution in [0.25, 0.3) is 38.4 Å². The van der Waals surface area contributed by atoms with E-state index >= 15 is 0 Å². The summed E-state index contributed by atoms with van der Waals surface area (Å²) in [6, 6.07) is 23.0. The van der Waals surface area contributed by atoms with E-state index in [0.717, 1.165) is 63.6 Å². The highest BCUT2D eigenvalue weighted by Crippen LogP contribution is 2.30. The van der Waals surface area contributed by atoms with E-state index in [2.05, 4.69) is 76.9 Å². The van der Waals surface area contributed by atoms with Crippen molar-refractivity contribution in [2.75, 3.05) is 0 Å². The third kappa shape index (κ3) is 3.88. The smallest absolute Gasteiger partial charge is 0.194 e. The minimum absolute atomic E-state index is 0.693. The Hall–Kier alpha value is -4.21. The topological polar surface area (TPSA) is 58.9 Å². The molecule has 0 aliphatic carbocycles. The van der Waals surface area contributed by atoms with Crippen molar-refractivity contribution in [3.63, 3.8) is 0 Å². The van der Waals surface area contributed by atoms with Crippen LogP contribution in [0.2, 0.25) is 0 Å². The van der Waals surface area contributed by atoms with E-state index in [9.17, 15) is 5.26 Å². The molecule has 0 saturated heterocycles. The molecule has 0 N–H and O–H groups in total. The van der Waals surface area contributed by atoms with Crippen molar-refractivity contribution in [2.24, 2.45) is 0 Å². The van der Waals surface area contributed by atoms with Crippen molar-refractivity contribution in [3.8, 4) is 28.5 Å². The second kappa shape index (κ2) is 9.10. The minimum Gasteiger partial charge on any atom is -0.323 e. The molecule has 176 valence electrons. The van der Waals surface area contributed by atoms with Gasteiger partial charge < -0.3 is 4.57 Å². The van der Waals surface area contributed by atoms with Gasteiger partial charge in [-0.3, -0.25) is 4.40 Å². The van der Waals surface area contributed by atoms with Crippen molar-refractivity contribution in [3.05, 3.63) is 101 Å². The van der Waals surface area contributed by atoms with Crippen LogP contribution in [0.3, 0.4) is 0 Å². The fourth-order valence-electron chi connectivity index (χ4n) is 4.85. The maximum Gasteiger partial charge on any atom is 0.194 e. The maximum atomic E-state index is 9.48. The lowest BCUT2D eigenvalue weighted by atomic mass is 9.99. The van der Waals surface area contributed by atoms with E-state index < -0.39 is 0 Å². The number of hydrogen-bond donors (Lipinski definition) is 0. The number of aromatic nitrogens is 4. The van der Waals surface area contributed by atoms with Crippen molar-refractivity contribution in [2.45, 2.75) is 33.2 Å². The molecule has 3 aromatic heterocycles. The van der Waals surface area contributed by atoms with Gasteiger partial charge in [0.15, 0.2) is 4.96 Å². The molecule has 0 fully saturated rings. The third-order valence-corrected chi connectivity index (χ3v) is 7.41. The standard InChI is InChI=1S/C30H25N5S/c1-3-6-28-33-29-20(2)15-24(26-19-34-13-14-36-30(34)32-26)16-27(29)35(28)18-21-9-11-22(12-10-21)25-8-5-4-7-23(25)17-31/h4-5,7-16,19H,3,6,18H2,1-2H3. The van der Waals surface area contributed by atoms with E-state index in [-0.39, 0.29) is 0 Å². The molecule has 0 amide bonds. The highest BCUT2D eigenvalue weighted by Gasteiger charge is 2.16. The largest absolute Gasteiger partial charge is 0.323 e. The molecule has 0 saturated carbocycles. The van der Waals surface area contributed by atoms with Gasteiger partial charge in [-0.1, -0.05) is 49.4 Å². The molecule has 0 unspecified atom stereocenters. The normalized spacial score (nSPS) is 11.4. The summed E-state index contributed by atoms with van der Waals surface area (Å²) >= 11 is 1.64. The zero-order chi connectivity index (χ0) is 24.6. The van der Waals surface area contributed by atoms with Crippen molar-refractivity contribution >= 4 is 27.3 Å². The summed E-state index contributed by atoms with van der Waals surface area (Å²) in [4.78, 5) is 10.9. The van der Waals surface area contributed by atoms with Crippen LogP contribution in [0.1, 0.15) is 35.9 Å². The number of fused-ring (bicyclic) bond motifs is 2. The number of thiazole rings is 1. The Morgan fingerprint density at radius 1 is 1.00 bits per heavy atom. The van der Waals surface area contributed by atoms with E-state index in [1.54, 1.807) is 11.3 Å². The number of rotatable bonds is 6. The average Bonchev–Trinajstić information content (AvgIpc) is 3.60. The Morgan fingerprint density at radius 2 is 1.83 bits per heavy atom. The predicted molar refractivity (Wildman–Crippen MR) is 146 cm³/mol. The van der Waals surface area contributed by atoms with Crippen molar-refractivity contribution in [1.29, 1.82) is 5.26 Å². The quantitative estimate of drug-likeness (QED) is 0.248. The van der Waals surface area contributed by atoms with Crippen LogP contribution in [0.4, 0.5) is 0 Å². The van der Waals surface area contributed by atoms with E-state index in [1.165, 1.54) is 11.1 Å². The monoisotopic (exact) mass is 487 g/mol. The first-order chi connectivity index (χ1) is 17.6. The summed E-state index contributed by atoms with van der Waals surface area (Å²) in [5, 5.41) is 11.5. The van der Waals surface area contributed by atoms with Gasteiger partial charge in [-0.05, 0) is 53.8 Å². The van der Waals surface area contributed by atoms with Gasteiger partial charge >= 0.3 is 0 Å². The number of benzene rings is 3. The lowest BCUT2D eigenvalue weighted by molar-refractivity contribution is 0.722. The SMILES string of the molecule is CCCc1nc2c(C)cc(-c3cn4ccsc4n3)cc2n1Cc1ccc(-c2ccccc2C#N)cc1. The lowest BCUT2D eigenvalue weighted by Crippen LogP contribution is -2.05. The van der Waals surface area contributed by atoms with Crippen LogP contribution < -0.4 is 0 Å². The Kier molecular flexibility index (Phi) is 5.63. The minimum atomic E-state index is 0.693.